The highest BCUT2D eigenvalue weighted by atomic mass is 35.5. The van der Waals surface area contributed by atoms with Gasteiger partial charge in [-0.2, -0.15) is 0 Å². The molecule has 1 aliphatic heterocycles. The summed E-state index contributed by atoms with van der Waals surface area (Å²) in [4.78, 5) is 23.9. The molecule has 2 N–H and O–H groups in total. The first-order valence-electron chi connectivity index (χ1n) is 5.82. The summed E-state index contributed by atoms with van der Waals surface area (Å²) in [5.41, 5.74) is 1.05. The van der Waals surface area contributed by atoms with Crippen molar-refractivity contribution in [2.45, 2.75) is 13.3 Å². The maximum absolute atomic E-state index is 11.3. The van der Waals surface area contributed by atoms with Gasteiger partial charge in [-0.3, -0.25) is 0 Å². The van der Waals surface area contributed by atoms with Crippen LogP contribution in [0, 0.1) is 0 Å². The lowest BCUT2D eigenvalue weighted by Crippen LogP contribution is -2.25. The third-order valence-corrected chi connectivity index (χ3v) is 3.41. The summed E-state index contributed by atoms with van der Waals surface area (Å²) < 4.78 is 0. The number of benzene rings is 1. The van der Waals surface area contributed by atoms with Gasteiger partial charge in [0.1, 0.15) is 0 Å². The molecule has 1 heterocycles. The minimum atomic E-state index is -1.15. The Morgan fingerprint density at radius 1 is 1.20 bits per heavy atom. The number of para-hydroxylation sites is 1. The van der Waals surface area contributed by atoms with Gasteiger partial charge in [0.15, 0.2) is 0 Å². The van der Waals surface area contributed by atoms with Crippen molar-refractivity contribution in [3.63, 3.8) is 0 Å². The fraction of sp³-hybridized carbons (Fsp3) is 0.143. The van der Waals surface area contributed by atoms with Crippen LogP contribution >= 0.6 is 11.6 Å². The van der Waals surface area contributed by atoms with Crippen LogP contribution in [0.15, 0.2) is 47.3 Å². The first kappa shape index (κ1) is 14.1. The second kappa shape index (κ2) is 5.38. The molecule has 6 heteroatoms. The van der Waals surface area contributed by atoms with E-state index in [1.54, 1.807) is 31.2 Å². The molecule has 0 saturated heterocycles. The fourth-order valence-electron chi connectivity index (χ4n) is 2.02. The minimum Gasteiger partial charge on any atom is -0.478 e. The molecule has 1 aromatic carbocycles. The second-order valence-electron chi connectivity index (χ2n) is 4.33. The third-order valence-electron chi connectivity index (χ3n) is 3.10. The van der Waals surface area contributed by atoms with Crippen molar-refractivity contribution < 1.29 is 19.8 Å². The van der Waals surface area contributed by atoms with Gasteiger partial charge in [-0.1, -0.05) is 23.7 Å². The van der Waals surface area contributed by atoms with Crippen LogP contribution in [0.5, 0.6) is 0 Å². The molecule has 0 bridgehead atoms. The Labute approximate surface area is 120 Å². The molecular weight excluding hydrogens is 282 g/mol. The maximum atomic E-state index is 11.3. The second-order valence-corrected chi connectivity index (χ2v) is 4.73. The number of hydrogen-bond acceptors (Lipinski definition) is 3. The van der Waals surface area contributed by atoms with Crippen LogP contribution in [0.3, 0.4) is 0 Å². The van der Waals surface area contributed by atoms with E-state index in [4.69, 9.17) is 16.7 Å². The summed E-state index contributed by atoms with van der Waals surface area (Å²) in [6.45, 7) is 1.63. The number of allylic oxidation sites excluding steroid dienone is 1. The lowest BCUT2D eigenvalue weighted by Gasteiger charge is -2.28. The van der Waals surface area contributed by atoms with Crippen molar-refractivity contribution in [2.24, 2.45) is 0 Å². The highest BCUT2D eigenvalue weighted by Gasteiger charge is 2.26. The molecule has 0 fully saturated rings. The average molecular weight is 294 g/mol. The molecule has 0 radical (unpaired) electrons. The van der Waals surface area contributed by atoms with Gasteiger partial charge in [-0.15, -0.1) is 0 Å². The Bertz CT molecular complexity index is 648. The van der Waals surface area contributed by atoms with E-state index >= 15 is 0 Å². The standard InChI is InChI=1S/C14H12ClNO4/c1-8-10(14(19)20)6-9(13(17)18)7-16(8)12-5-3-2-4-11(12)15/h2-5,7H,6H2,1H3,(H,17,18)(H,19,20). The molecule has 0 saturated carbocycles. The third kappa shape index (κ3) is 2.53. The van der Waals surface area contributed by atoms with Gasteiger partial charge >= 0.3 is 11.9 Å². The van der Waals surface area contributed by atoms with Gasteiger partial charge in [0.05, 0.1) is 21.9 Å². The molecule has 0 aromatic heterocycles. The zero-order valence-corrected chi connectivity index (χ0v) is 11.4. The number of carboxylic acid groups (broad SMARTS) is 2. The zero-order valence-electron chi connectivity index (χ0n) is 10.6. The molecule has 1 aliphatic rings. The maximum Gasteiger partial charge on any atom is 0.333 e. The summed E-state index contributed by atoms with van der Waals surface area (Å²) in [5.74, 6) is -2.28. The van der Waals surface area contributed by atoms with Crippen molar-refractivity contribution >= 4 is 29.2 Å². The number of carboxylic acids is 2. The predicted molar refractivity (Wildman–Crippen MR) is 74.6 cm³/mol. The summed E-state index contributed by atoms with van der Waals surface area (Å²) in [7, 11) is 0. The topological polar surface area (TPSA) is 77.8 Å². The smallest absolute Gasteiger partial charge is 0.333 e. The van der Waals surface area contributed by atoms with Crippen molar-refractivity contribution in [3.05, 3.63) is 52.3 Å². The van der Waals surface area contributed by atoms with E-state index < -0.39 is 11.9 Å². The van der Waals surface area contributed by atoms with Crippen LogP contribution in [0.1, 0.15) is 13.3 Å². The molecule has 5 nitrogen and oxygen atoms in total. The van der Waals surface area contributed by atoms with Crippen molar-refractivity contribution in [1.29, 1.82) is 0 Å². The molecule has 0 unspecified atom stereocenters. The van der Waals surface area contributed by atoms with Crippen LogP contribution in [-0.4, -0.2) is 22.2 Å². The Morgan fingerprint density at radius 3 is 2.40 bits per heavy atom. The monoisotopic (exact) mass is 293 g/mol. The lowest BCUT2D eigenvalue weighted by atomic mass is 10.00. The Balaban J connectivity index is 2.58. The molecule has 0 aliphatic carbocycles. The Morgan fingerprint density at radius 2 is 1.85 bits per heavy atom. The largest absolute Gasteiger partial charge is 0.478 e. The number of hydrogen-bond donors (Lipinski definition) is 2. The van der Waals surface area contributed by atoms with Gasteiger partial charge in [0.25, 0.3) is 0 Å². The minimum absolute atomic E-state index is 0.00733. The lowest BCUT2D eigenvalue weighted by molar-refractivity contribution is -0.133. The molecule has 2 rings (SSSR count). The van der Waals surface area contributed by atoms with E-state index in [0.29, 0.717) is 16.4 Å². The molecule has 0 atom stereocenters. The number of aliphatic carboxylic acids is 2. The van der Waals surface area contributed by atoms with Crippen molar-refractivity contribution in [1.82, 2.24) is 0 Å². The normalized spacial score (nSPS) is 15.1. The van der Waals surface area contributed by atoms with E-state index in [0.717, 1.165) is 0 Å². The highest BCUT2D eigenvalue weighted by Crippen LogP contribution is 2.34. The van der Waals surface area contributed by atoms with Crippen molar-refractivity contribution in [3.8, 4) is 0 Å². The van der Waals surface area contributed by atoms with Crippen LogP contribution in [0.2, 0.25) is 5.02 Å². The van der Waals surface area contributed by atoms with E-state index in [1.807, 2.05) is 0 Å². The zero-order chi connectivity index (χ0) is 14.9. The van der Waals surface area contributed by atoms with Crippen LogP contribution in [0.25, 0.3) is 0 Å². The van der Waals surface area contributed by atoms with Crippen molar-refractivity contribution in [2.75, 3.05) is 4.90 Å². The van der Waals surface area contributed by atoms with Gasteiger partial charge in [0.2, 0.25) is 0 Å². The number of carbonyl (C=O) groups is 2. The number of rotatable bonds is 3. The van der Waals surface area contributed by atoms with Gasteiger partial charge < -0.3 is 15.1 Å². The van der Waals surface area contributed by atoms with Gasteiger partial charge in [-0.25, -0.2) is 9.59 Å². The van der Waals surface area contributed by atoms with E-state index in [-0.39, 0.29) is 17.6 Å². The highest BCUT2D eigenvalue weighted by molar-refractivity contribution is 6.33. The number of halogens is 1. The quantitative estimate of drug-likeness (QED) is 0.896. The van der Waals surface area contributed by atoms with Crippen LogP contribution in [-0.2, 0) is 9.59 Å². The van der Waals surface area contributed by atoms with E-state index in [2.05, 4.69) is 0 Å². The van der Waals surface area contributed by atoms with E-state index in [1.165, 1.54) is 11.1 Å². The Hall–Kier alpha value is -2.27. The van der Waals surface area contributed by atoms with Crippen LogP contribution in [0.4, 0.5) is 5.69 Å². The van der Waals surface area contributed by atoms with Gasteiger partial charge in [-0.05, 0) is 19.1 Å². The average Bonchev–Trinajstić information content (AvgIpc) is 2.39. The number of nitrogens with zero attached hydrogens (tertiary/aromatic N) is 1. The fourth-order valence-corrected chi connectivity index (χ4v) is 2.25. The van der Waals surface area contributed by atoms with Gasteiger partial charge in [0, 0.05) is 18.3 Å². The first-order chi connectivity index (χ1) is 9.41. The predicted octanol–water partition coefficient (Wildman–Crippen LogP) is 2.88. The molecule has 104 valence electrons. The molecule has 0 amide bonds. The summed E-state index contributed by atoms with van der Waals surface area (Å²) in [5, 5.41) is 18.7. The molecule has 0 spiro atoms. The SMILES string of the molecule is CC1=C(C(=O)O)CC(C(=O)O)=CN1c1ccccc1Cl. The number of anilines is 1. The van der Waals surface area contributed by atoms with Crippen LogP contribution < -0.4 is 4.90 Å². The summed E-state index contributed by atoms with van der Waals surface area (Å²) >= 11 is 6.09. The molecular formula is C14H12ClNO4. The first-order valence-corrected chi connectivity index (χ1v) is 6.20. The molecule has 1 aromatic rings. The molecule has 20 heavy (non-hydrogen) atoms. The van der Waals surface area contributed by atoms with E-state index in [9.17, 15) is 14.7 Å². The summed E-state index contributed by atoms with van der Waals surface area (Å²) in [6, 6.07) is 6.85. The Kier molecular flexibility index (Phi) is 3.81. The summed E-state index contributed by atoms with van der Waals surface area (Å²) in [6.07, 6.45) is 1.29.